The maximum absolute atomic E-state index is 10.8. The van der Waals surface area contributed by atoms with Crippen molar-refractivity contribution in [2.75, 3.05) is 0 Å². The zero-order valence-electron chi connectivity index (χ0n) is 3.20. The SMILES string of the molecule is [O]/C=C\C(F)(F)F. The summed E-state index contributed by atoms with van der Waals surface area (Å²) in [5.74, 6) is 0. The van der Waals surface area contributed by atoms with E-state index in [0.29, 0.717) is 0 Å². The van der Waals surface area contributed by atoms with Gasteiger partial charge in [-0.3, -0.25) is 5.11 Å². The van der Waals surface area contributed by atoms with Gasteiger partial charge >= 0.3 is 6.18 Å². The van der Waals surface area contributed by atoms with Crippen LogP contribution >= 0.6 is 0 Å². The largest absolute Gasteiger partial charge is 0.412 e. The molecule has 0 bridgehead atoms. The van der Waals surface area contributed by atoms with Crippen LogP contribution in [0, 0.1) is 0 Å². The van der Waals surface area contributed by atoms with E-state index in [2.05, 4.69) is 0 Å². The fraction of sp³-hybridized carbons (Fsp3) is 0.333. The van der Waals surface area contributed by atoms with Crippen molar-refractivity contribution in [1.82, 2.24) is 0 Å². The fourth-order valence-corrected chi connectivity index (χ4v) is 0.0772. The lowest BCUT2D eigenvalue weighted by Gasteiger charge is -1.91. The quantitative estimate of drug-likeness (QED) is 0.422. The van der Waals surface area contributed by atoms with E-state index in [1.165, 1.54) is 0 Å². The van der Waals surface area contributed by atoms with Crippen LogP contribution in [0.25, 0.3) is 0 Å². The molecule has 0 heterocycles. The molecule has 0 fully saturated rings. The minimum absolute atomic E-state index is 0.292. The first-order valence-corrected chi connectivity index (χ1v) is 1.42. The van der Waals surface area contributed by atoms with Crippen LogP contribution in [0.15, 0.2) is 12.3 Å². The van der Waals surface area contributed by atoms with Crippen LogP contribution in [0.2, 0.25) is 0 Å². The first-order chi connectivity index (χ1) is 3.06. The molecule has 7 heavy (non-hydrogen) atoms. The minimum atomic E-state index is -4.44. The molecule has 0 saturated carbocycles. The Balaban J connectivity index is 3.56. The van der Waals surface area contributed by atoms with E-state index < -0.39 is 6.18 Å². The molecule has 0 aromatic rings. The molecular weight excluding hydrogens is 109 g/mol. The van der Waals surface area contributed by atoms with Crippen molar-refractivity contribution in [3.8, 4) is 0 Å². The topological polar surface area (TPSA) is 19.9 Å². The monoisotopic (exact) mass is 111 g/mol. The first kappa shape index (κ1) is 6.33. The molecule has 1 radical (unpaired) electrons. The second kappa shape index (κ2) is 1.86. The molecule has 0 aliphatic rings. The van der Waals surface area contributed by atoms with Crippen LogP contribution in [0.3, 0.4) is 0 Å². The molecule has 4 heteroatoms. The Labute approximate surface area is 38.1 Å². The van der Waals surface area contributed by atoms with Crippen LogP contribution in [0.4, 0.5) is 13.2 Å². The van der Waals surface area contributed by atoms with Crippen molar-refractivity contribution in [1.29, 1.82) is 0 Å². The van der Waals surface area contributed by atoms with E-state index in [0.717, 1.165) is 0 Å². The third-order valence-electron chi connectivity index (χ3n) is 0.257. The van der Waals surface area contributed by atoms with Gasteiger partial charge in [0.15, 0.2) is 0 Å². The van der Waals surface area contributed by atoms with Crippen LogP contribution in [0.5, 0.6) is 0 Å². The Hall–Kier alpha value is -0.670. The highest BCUT2D eigenvalue weighted by molar-refractivity contribution is 4.80. The number of allylic oxidation sites excluding steroid dienone is 1. The summed E-state index contributed by atoms with van der Waals surface area (Å²) >= 11 is 0. The van der Waals surface area contributed by atoms with Crippen molar-refractivity contribution < 1.29 is 18.3 Å². The number of alkyl halides is 3. The van der Waals surface area contributed by atoms with Gasteiger partial charge in [-0.1, -0.05) is 0 Å². The van der Waals surface area contributed by atoms with E-state index in [1.54, 1.807) is 0 Å². The van der Waals surface area contributed by atoms with Gasteiger partial charge in [0.05, 0.1) is 6.08 Å². The van der Waals surface area contributed by atoms with Crippen molar-refractivity contribution in [3.63, 3.8) is 0 Å². The third-order valence-corrected chi connectivity index (χ3v) is 0.257. The molecule has 0 aliphatic heterocycles. The second-order valence-electron chi connectivity index (χ2n) is 0.844. The molecule has 0 amide bonds. The standard InChI is InChI=1S/C3H2F3O/c4-3(5,6)1-2-7/h1-2H/b2-1-. The maximum Gasteiger partial charge on any atom is 0.412 e. The number of halogens is 3. The van der Waals surface area contributed by atoms with Crippen molar-refractivity contribution in [2.45, 2.75) is 6.18 Å². The smallest absolute Gasteiger partial charge is 0.299 e. The predicted molar refractivity (Wildman–Crippen MR) is 15.9 cm³/mol. The lowest BCUT2D eigenvalue weighted by atomic mass is 10.6. The molecule has 0 N–H and O–H groups in total. The van der Waals surface area contributed by atoms with Crippen LogP contribution in [-0.2, 0) is 5.11 Å². The zero-order chi connectivity index (χ0) is 5.91. The molecule has 0 unspecified atom stereocenters. The molecular formula is C3H2F3O. The van der Waals surface area contributed by atoms with Crippen LogP contribution in [0.1, 0.15) is 0 Å². The fourth-order valence-electron chi connectivity index (χ4n) is 0.0772. The highest BCUT2D eigenvalue weighted by Crippen LogP contribution is 2.14. The highest BCUT2D eigenvalue weighted by Gasteiger charge is 2.21. The molecule has 0 aliphatic carbocycles. The van der Waals surface area contributed by atoms with Gasteiger partial charge in [-0.05, 0) is 0 Å². The Morgan fingerprint density at radius 2 is 1.71 bits per heavy atom. The summed E-state index contributed by atoms with van der Waals surface area (Å²) < 4.78 is 32.3. The van der Waals surface area contributed by atoms with Gasteiger partial charge in [-0.25, -0.2) is 0 Å². The van der Waals surface area contributed by atoms with E-state index >= 15 is 0 Å². The van der Waals surface area contributed by atoms with Crippen molar-refractivity contribution >= 4 is 0 Å². The number of hydrogen-bond donors (Lipinski definition) is 0. The lowest BCUT2D eigenvalue weighted by molar-refractivity contribution is -0.0815. The summed E-state index contributed by atoms with van der Waals surface area (Å²) in [6, 6.07) is 0. The number of rotatable bonds is 0. The van der Waals surface area contributed by atoms with Gasteiger partial charge < -0.3 is 0 Å². The average molecular weight is 111 g/mol. The van der Waals surface area contributed by atoms with Gasteiger partial charge in [0.2, 0.25) is 0 Å². The normalized spacial score (nSPS) is 13.0. The molecule has 0 saturated heterocycles. The second-order valence-corrected chi connectivity index (χ2v) is 0.844. The zero-order valence-corrected chi connectivity index (χ0v) is 3.20. The summed E-state index contributed by atoms with van der Waals surface area (Å²) in [5, 5.41) is 9.04. The number of hydrogen-bond acceptors (Lipinski definition) is 0. The van der Waals surface area contributed by atoms with E-state index in [-0.39, 0.29) is 12.3 Å². The first-order valence-electron chi connectivity index (χ1n) is 1.42. The summed E-state index contributed by atoms with van der Waals surface area (Å²) in [4.78, 5) is 0. The van der Waals surface area contributed by atoms with Crippen molar-refractivity contribution in [3.05, 3.63) is 12.3 Å². The minimum Gasteiger partial charge on any atom is -0.299 e. The summed E-state index contributed by atoms with van der Waals surface area (Å²) in [6.45, 7) is 0. The van der Waals surface area contributed by atoms with E-state index in [1.807, 2.05) is 0 Å². The Bertz CT molecular complexity index is 72.7. The molecule has 0 aromatic heterocycles. The van der Waals surface area contributed by atoms with Gasteiger partial charge in [0.1, 0.15) is 6.26 Å². The highest BCUT2D eigenvalue weighted by atomic mass is 19.4. The molecule has 1 nitrogen and oxygen atoms in total. The van der Waals surface area contributed by atoms with Gasteiger partial charge in [-0.15, -0.1) is 0 Å². The van der Waals surface area contributed by atoms with E-state index in [4.69, 9.17) is 5.11 Å². The lowest BCUT2D eigenvalue weighted by Crippen LogP contribution is -1.99. The van der Waals surface area contributed by atoms with Gasteiger partial charge in [0, 0.05) is 0 Å². The molecule has 0 spiro atoms. The molecule has 0 rings (SSSR count). The van der Waals surface area contributed by atoms with Gasteiger partial charge in [-0.2, -0.15) is 13.2 Å². The Morgan fingerprint density at radius 3 is 1.71 bits per heavy atom. The van der Waals surface area contributed by atoms with Crippen molar-refractivity contribution in [2.24, 2.45) is 0 Å². The van der Waals surface area contributed by atoms with Crippen LogP contribution < -0.4 is 0 Å². The third kappa shape index (κ3) is 5.33. The van der Waals surface area contributed by atoms with Crippen LogP contribution in [-0.4, -0.2) is 6.18 Å². The molecule has 0 atom stereocenters. The predicted octanol–water partition coefficient (Wildman–Crippen LogP) is 1.49. The summed E-state index contributed by atoms with van der Waals surface area (Å²) in [7, 11) is 0. The molecule has 0 aromatic carbocycles. The Kier molecular flexibility index (Phi) is 1.68. The Morgan fingerprint density at radius 1 is 1.29 bits per heavy atom. The van der Waals surface area contributed by atoms with E-state index in [9.17, 15) is 13.2 Å². The average Bonchev–Trinajstić information content (AvgIpc) is 1.30. The van der Waals surface area contributed by atoms with Gasteiger partial charge in [0.25, 0.3) is 0 Å². The summed E-state index contributed by atoms with van der Waals surface area (Å²) in [6.07, 6.45) is -5.10. The molecule has 41 valence electrons. The summed E-state index contributed by atoms with van der Waals surface area (Å²) in [5.41, 5.74) is 0. The maximum atomic E-state index is 10.8.